The van der Waals surface area contributed by atoms with Gasteiger partial charge in [0.1, 0.15) is 11.8 Å². The number of fused-ring (bicyclic) bond motifs is 1. The first-order valence-electron chi connectivity index (χ1n) is 9.13. The number of benzene rings is 2. The fourth-order valence-corrected chi connectivity index (χ4v) is 3.69. The Morgan fingerprint density at radius 1 is 1.17 bits per heavy atom. The third-order valence-corrected chi connectivity index (χ3v) is 5.09. The van der Waals surface area contributed by atoms with Gasteiger partial charge in [0.05, 0.1) is 10.6 Å². The lowest BCUT2D eigenvalue weighted by atomic mass is 10.0. The number of nitrogens with zero attached hydrogens (tertiary/aromatic N) is 2. The summed E-state index contributed by atoms with van der Waals surface area (Å²) in [7, 11) is 0. The number of carbonyl (C=O) groups excluding carboxylic acids is 2. The Balaban J connectivity index is 1.98. The second kappa shape index (κ2) is 8.49. The summed E-state index contributed by atoms with van der Waals surface area (Å²) in [6, 6.07) is 7.54. The van der Waals surface area contributed by atoms with Crippen LogP contribution in [0.15, 0.2) is 36.4 Å². The number of nitro groups is 1. The van der Waals surface area contributed by atoms with Crippen molar-refractivity contribution in [2.45, 2.75) is 32.9 Å². The van der Waals surface area contributed by atoms with Gasteiger partial charge in [-0.25, -0.2) is 0 Å². The number of halogens is 2. The molecule has 0 radical (unpaired) electrons. The standard InChI is InChI=1S/C20H19Cl2N3O5/c1-10(2)18-20(27)24(16-9-15(25(28)29)4-5-17(16)30-18)11(3)19(26)23-14-7-12(21)6-13(22)8-14/h4-11,18H,1-3H3,(H,23,26). The molecule has 0 saturated heterocycles. The zero-order valence-electron chi connectivity index (χ0n) is 16.4. The molecule has 0 spiro atoms. The number of non-ortho nitro benzene ring substituents is 1. The number of amides is 2. The fraction of sp³-hybridized carbons (Fsp3) is 0.300. The average Bonchev–Trinajstić information content (AvgIpc) is 2.65. The lowest BCUT2D eigenvalue weighted by Crippen LogP contribution is -2.55. The van der Waals surface area contributed by atoms with Crippen molar-refractivity contribution < 1.29 is 19.2 Å². The molecule has 0 saturated carbocycles. The highest BCUT2D eigenvalue weighted by Crippen LogP contribution is 2.39. The van der Waals surface area contributed by atoms with Crippen LogP contribution in [0.2, 0.25) is 10.0 Å². The van der Waals surface area contributed by atoms with Crippen LogP contribution in [0.1, 0.15) is 20.8 Å². The van der Waals surface area contributed by atoms with Gasteiger partial charge in [-0.1, -0.05) is 37.0 Å². The van der Waals surface area contributed by atoms with Gasteiger partial charge < -0.3 is 10.1 Å². The van der Waals surface area contributed by atoms with Gasteiger partial charge in [-0.05, 0) is 37.1 Å². The van der Waals surface area contributed by atoms with Gasteiger partial charge in [-0.15, -0.1) is 0 Å². The monoisotopic (exact) mass is 451 g/mol. The van der Waals surface area contributed by atoms with Gasteiger partial charge in [-0.2, -0.15) is 0 Å². The van der Waals surface area contributed by atoms with Crippen LogP contribution in [0, 0.1) is 16.0 Å². The van der Waals surface area contributed by atoms with Crippen LogP contribution < -0.4 is 15.0 Å². The number of ether oxygens (including phenoxy) is 1. The van der Waals surface area contributed by atoms with Crippen molar-refractivity contribution >= 4 is 52.1 Å². The van der Waals surface area contributed by atoms with E-state index in [1.807, 2.05) is 13.8 Å². The van der Waals surface area contributed by atoms with Gasteiger partial charge in [0.2, 0.25) is 5.91 Å². The Labute approximate surface area is 182 Å². The maximum absolute atomic E-state index is 13.1. The molecule has 2 amide bonds. The van der Waals surface area contributed by atoms with Crippen LogP contribution in [0.3, 0.4) is 0 Å². The molecule has 158 valence electrons. The molecule has 2 atom stereocenters. The average molecular weight is 452 g/mol. The number of hydrogen-bond donors (Lipinski definition) is 1. The van der Waals surface area contributed by atoms with E-state index in [0.29, 0.717) is 21.5 Å². The Morgan fingerprint density at radius 2 is 1.80 bits per heavy atom. The first-order valence-corrected chi connectivity index (χ1v) is 9.89. The molecule has 1 heterocycles. The van der Waals surface area contributed by atoms with E-state index >= 15 is 0 Å². The molecule has 2 aromatic carbocycles. The van der Waals surface area contributed by atoms with E-state index in [-0.39, 0.29) is 17.3 Å². The van der Waals surface area contributed by atoms with Crippen LogP contribution >= 0.6 is 23.2 Å². The predicted molar refractivity (Wildman–Crippen MR) is 114 cm³/mol. The number of hydrogen-bond acceptors (Lipinski definition) is 5. The van der Waals surface area contributed by atoms with Crippen LogP contribution in [-0.4, -0.2) is 28.9 Å². The third kappa shape index (κ3) is 4.34. The molecule has 30 heavy (non-hydrogen) atoms. The second-order valence-corrected chi connectivity index (χ2v) is 8.10. The Morgan fingerprint density at radius 3 is 2.37 bits per heavy atom. The van der Waals surface area contributed by atoms with Crippen LogP contribution in [0.5, 0.6) is 5.75 Å². The number of anilines is 2. The Hall–Kier alpha value is -2.84. The highest BCUT2D eigenvalue weighted by molar-refractivity contribution is 6.35. The molecule has 2 unspecified atom stereocenters. The minimum Gasteiger partial charge on any atom is -0.478 e. The van der Waals surface area contributed by atoms with Crippen molar-refractivity contribution in [3.8, 4) is 5.75 Å². The molecule has 8 nitrogen and oxygen atoms in total. The number of nitro benzene ring substituents is 1. The Bertz CT molecular complexity index is 1010. The van der Waals surface area contributed by atoms with Gasteiger partial charge in [0.25, 0.3) is 11.6 Å². The smallest absolute Gasteiger partial charge is 0.271 e. The van der Waals surface area contributed by atoms with Crippen molar-refractivity contribution in [3.63, 3.8) is 0 Å². The SMILES string of the molecule is CC(C)C1Oc2ccc([N+](=O)[O-])cc2N(C(C)C(=O)Nc2cc(Cl)cc(Cl)c2)C1=O. The second-order valence-electron chi connectivity index (χ2n) is 7.22. The molecule has 1 aliphatic rings. The fourth-order valence-electron chi connectivity index (χ4n) is 3.16. The maximum Gasteiger partial charge on any atom is 0.271 e. The minimum atomic E-state index is -0.985. The summed E-state index contributed by atoms with van der Waals surface area (Å²) < 4.78 is 5.77. The highest BCUT2D eigenvalue weighted by atomic mass is 35.5. The first-order chi connectivity index (χ1) is 14.1. The number of carbonyl (C=O) groups is 2. The quantitative estimate of drug-likeness (QED) is 0.525. The van der Waals surface area contributed by atoms with E-state index in [1.165, 1.54) is 48.2 Å². The predicted octanol–water partition coefficient (Wildman–Crippen LogP) is 4.68. The lowest BCUT2D eigenvalue weighted by Gasteiger charge is -2.38. The maximum atomic E-state index is 13.1. The molecule has 0 aromatic heterocycles. The zero-order valence-corrected chi connectivity index (χ0v) is 17.9. The van der Waals surface area contributed by atoms with E-state index in [9.17, 15) is 19.7 Å². The van der Waals surface area contributed by atoms with Crippen LogP contribution in [0.25, 0.3) is 0 Å². The summed E-state index contributed by atoms with van der Waals surface area (Å²) in [6.07, 6.45) is -0.824. The summed E-state index contributed by atoms with van der Waals surface area (Å²) in [6.45, 7) is 5.16. The minimum absolute atomic E-state index is 0.165. The van der Waals surface area contributed by atoms with Gasteiger partial charge in [-0.3, -0.25) is 24.6 Å². The summed E-state index contributed by atoms with van der Waals surface area (Å²) in [5, 5.41) is 14.6. The van der Waals surface area contributed by atoms with E-state index < -0.39 is 28.9 Å². The summed E-state index contributed by atoms with van der Waals surface area (Å²) in [5.41, 5.74) is 0.315. The van der Waals surface area contributed by atoms with Crippen molar-refractivity contribution in [1.82, 2.24) is 0 Å². The molecule has 0 bridgehead atoms. The molecular weight excluding hydrogens is 433 g/mol. The van der Waals surface area contributed by atoms with E-state index in [2.05, 4.69) is 5.32 Å². The number of rotatable bonds is 5. The van der Waals surface area contributed by atoms with E-state index in [4.69, 9.17) is 27.9 Å². The molecular formula is C20H19Cl2N3O5. The highest BCUT2D eigenvalue weighted by Gasteiger charge is 2.41. The zero-order chi connectivity index (χ0) is 22.2. The van der Waals surface area contributed by atoms with Crippen LogP contribution in [0.4, 0.5) is 17.1 Å². The molecule has 0 aliphatic carbocycles. The van der Waals surface area contributed by atoms with E-state index in [1.54, 1.807) is 0 Å². The summed E-state index contributed by atoms with van der Waals surface area (Å²) in [4.78, 5) is 37.9. The molecule has 1 aliphatic heterocycles. The van der Waals surface area contributed by atoms with Crippen molar-refractivity contribution in [2.75, 3.05) is 10.2 Å². The van der Waals surface area contributed by atoms with Crippen LogP contribution in [-0.2, 0) is 9.59 Å². The third-order valence-electron chi connectivity index (χ3n) is 4.65. The molecule has 0 fully saturated rings. The van der Waals surface area contributed by atoms with Gasteiger partial charge in [0, 0.05) is 27.9 Å². The van der Waals surface area contributed by atoms with Crippen molar-refractivity contribution in [1.29, 1.82) is 0 Å². The normalized spacial score (nSPS) is 16.7. The molecule has 3 rings (SSSR count). The summed E-state index contributed by atoms with van der Waals surface area (Å²) >= 11 is 11.9. The van der Waals surface area contributed by atoms with Gasteiger partial charge >= 0.3 is 0 Å². The molecule has 2 aromatic rings. The van der Waals surface area contributed by atoms with Crippen molar-refractivity contribution in [2.24, 2.45) is 5.92 Å². The van der Waals surface area contributed by atoms with Gasteiger partial charge in [0.15, 0.2) is 6.10 Å². The largest absolute Gasteiger partial charge is 0.478 e. The summed E-state index contributed by atoms with van der Waals surface area (Å²) in [5.74, 6) is -0.844. The molecule has 1 N–H and O–H groups in total. The lowest BCUT2D eigenvalue weighted by molar-refractivity contribution is -0.384. The first kappa shape index (κ1) is 21.9. The van der Waals surface area contributed by atoms with E-state index in [0.717, 1.165) is 0 Å². The number of nitrogens with one attached hydrogen (secondary N) is 1. The Kier molecular flexibility index (Phi) is 6.19. The topological polar surface area (TPSA) is 102 Å². The van der Waals surface area contributed by atoms with Crippen molar-refractivity contribution in [3.05, 3.63) is 56.6 Å². The molecule has 10 heteroatoms.